The molecule has 7 atom stereocenters. The highest BCUT2D eigenvalue weighted by Gasteiger charge is 2.63. The summed E-state index contributed by atoms with van der Waals surface area (Å²) in [6, 6.07) is 4.38. The van der Waals surface area contributed by atoms with E-state index in [-0.39, 0.29) is 47.6 Å². The third kappa shape index (κ3) is 7.85. The summed E-state index contributed by atoms with van der Waals surface area (Å²) in [5.74, 6) is -4.74. The zero-order valence-electron chi connectivity index (χ0n) is 32.2. The van der Waals surface area contributed by atoms with Crippen LogP contribution in [0.2, 0.25) is 0 Å². The fourth-order valence-corrected chi connectivity index (χ4v) is 8.98. The molecule has 17 heteroatoms. The first-order valence-electron chi connectivity index (χ1n) is 19.0. The average molecular weight is 788 g/mol. The van der Waals surface area contributed by atoms with Gasteiger partial charge in [0.25, 0.3) is 11.5 Å². The van der Waals surface area contributed by atoms with Gasteiger partial charge in [-0.2, -0.15) is 0 Å². The summed E-state index contributed by atoms with van der Waals surface area (Å²) in [6.45, 7) is 7.29. The second-order valence-corrected chi connectivity index (χ2v) is 18.3. The number of aryl methyl sites for hydroxylation is 1. The van der Waals surface area contributed by atoms with Crippen molar-refractivity contribution in [2.75, 3.05) is 20.6 Å². The number of nitrogens with zero attached hydrogens (tertiary/aromatic N) is 4. The summed E-state index contributed by atoms with van der Waals surface area (Å²) in [5.41, 5.74) is -1.89. The average Bonchev–Trinajstić information content (AvgIpc) is 4.02. The number of hydrogen-bond donors (Lipinski definition) is 3. The lowest BCUT2D eigenvalue weighted by Gasteiger charge is -2.33. The van der Waals surface area contributed by atoms with Gasteiger partial charge in [-0.05, 0) is 76.3 Å². The quantitative estimate of drug-likeness (QED) is 0.275. The van der Waals surface area contributed by atoms with E-state index in [1.54, 1.807) is 38.1 Å². The van der Waals surface area contributed by atoms with Gasteiger partial charge in [-0.3, -0.25) is 33.5 Å². The van der Waals surface area contributed by atoms with Crippen LogP contribution in [0.1, 0.15) is 76.9 Å². The number of aromatic nitrogens is 2. The van der Waals surface area contributed by atoms with Crippen LogP contribution in [0, 0.1) is 17.8 Å². The van der Waals surface area contributed by atoms with E-state index in [1.165, 1.54) is 23.7 Å². The Balaban J connectivity index is 0.00000300. The zero-order valence-corrected chi connectivity index (χ0v) is 33.0. The van der Waals surface area contributed by atoms with Gasteiger partial charge in [0, 0.05) is 37.3 Å². The Kier molecular flexibility index (Phi) is 10.9. The molecule has 1 saturated heterocycles. The molecule has 2 aliphatic carbocycles. The number of hydrogen-bond acceptors (Lipinski definition) is 10. The molecule has 304 valence electrons. The van der Waals surface area contributed by atoms with Crippen LogP contribution in [-0.4, -0.2) is 107 Å². The van der Waals surface area contributed by atoms with Crippen molar-refractivity contribution in [1.29, 1.82) is 0 Å². The number of carbonyl (C=O) groups is 5. The van der Waals surface area contributed by atoms with E-state index >= 15 is 0 Å². The molecule has 0 radical (unpaired) electrons. The van der Waals surface area contributed by atoms with Crippen LogP contribution in [0.3, 0.4) is 0 Å². The molecular weight excluding hydrogens is 731 g/mol. The summed E-state index contributed by atoms with van der Waals surface area (Å²) in [4.78, 5) is 84.4. The number of likely N-dealkylation sites (N-methyl/N-ethyl adjacent to an activating group) is 1. The lowest BCUT2D eigenvalue weighted by atomic mass is 9.87. The number of rotatable bonds is 7. The van der Waals surface area contributed by atoms with Gasteiger partial charge in [0.2, 0.25) is 27.7 Å². The molecule has 5 amide bonds. The summed E-state index contributed by atoms with van der Waals surface area (Å²) in [6.07, 6.45) is 5.67. The Morgan fingerprint density at radius 1 is 1.09 bits per heavy atom. The molecule has 55 heavy (non-hydrogen) atoms. The van der Waals surface area contributed by atoms with Crippen molar-refractivity contribution in [2.24, 2.45) is 17.8 Å². The molecule has 2 aromatic rings. The number of nitrogens with one attached hydrogen (secondary N) is 3. The van der Waals surface area contributed by atoms with Crippen LogP contribution >= 0.6 is 0 Å². The predicted molar refractivity (Wildman–Crippen MR) is 208 cm³/mol. The normalized spacial score (nSPS) is 29.7. The first-order valence-corrected chi connectivity index (χ1v) is 20.4. The number of carbonyl (C=O) groups excluding carboxylic acids is 5. The molecule has 3 fully saturated rings. The number of allylic oxidation sites excluding steroid dienone is 1. The van der Waals surface area contributed by atoms with Gasteiger partial charge < -0.3 is 25.2 Å². The molecule has 3 N–H and O–H groups in total. The lowest BCUT2D eigenvalue weighted by Crippen LogP contribution is -2.60. The molecule has 2 saturated carbocycles. The first-order chi connectivity index (χ1) is 25.9. The fraction of sp³-hybridized carbons (Fsp3) is 0.605. The van der Waals surface area contributed by atoms with Crippen molar-refractivity contribution in [2.45, 2.75) is 108 Å². The van der Waals surface area contributed by atoms with Crippen molar-refractivity contribution in [3.63, 3.8) is 0 Å². The summed E-state index contributed by atoms with van der Waals surface area (Å²) in [5, 5.41) is 10.8. The molecule has 6 rings (SSSR count). The Labute approximate surface area is 324 Å². The Hall–Kier alpha value is -4.80. The first kappa shape index (κ1) is 39.9. The molecule has 3 heterocycles. The maximum absolute atomic E-state index is 14.7. The highest BCUT2D eigenvalue weighted by Crippen LogP contribution is 2.47. The van der Waals surface area contributed by atoms with Crippen LogP contribution in [0.25, 0.3) is 10.8 Å². The van der Waals surface area contributed by atoms with Gasteiger partial charge in [0.1, 0.15) is 23.7 Å². The Bertz CT molecular complexity index is 2110. The highest BCUT2D eigenvalue weighted by molar-refractivity contribution is 7.91. The predicted octanol–water partition coefficient (Wildman–Crippen LogP) is 1.96. The summed E-state index contributed by atoms with van der Waals surface area (Å²) < 4.78 is 35.2. The third-order valence-electron chi connectivity index (χ3n) is 11.5. The lowest BCUT2D eigenvalue weighted by molar-refractivity contribution is -0.148. The van der Waals surface area contributed by atoms with Gasteiger partial charge >= 0.3 is 11.8 Å². The second-order valence-electron chi connectivity index (χ2n) is 16.1. The number of fused-ring (bicyclic) bond motifs is 3. The minimum Gasteiger partial charge on any atom is -0.471 e. The van der Waals surface area contributed by atoms with Crippen LogP contribution < -0.4 is 25.7 Å². The van der Waals surface area contributed by atoms with E-state index < -0.39 is 79.9 Å². The van der Waals surface area contributed by atoms with E-state index in [2.05, 4.69) is 20.5 Å². The van der Waals surface area contributed by atoms with E-state index in [0.717, 1.165) is 4.90 Å². The van der Waals surface area contributed by atoms with Crippen LogP contribution in [-0.2, 0) is 40.5 Å². The molecule has 4 aliphatic rings. The van der Waals surface area contributed by atoms with Gasteiger partial charge in [-0.25, -0.2) is 13.1 Å². The Morgan fingerprint density at radius 2 is 1.78 bits per heavy atom. The standard InChI is InChI=1S/C38H51N7O9S.3H2/c1-7-45-33(48)27-15-11-10-14-26(27)32(41-45)54-25-19-28-30(46)40-38(36(51)42-55(52,53)37(4)16-17-37)20-24(38)13-9-8-12-22(2)18-23(3)29(34(49)44(28)21-25)39-31(47)35(50)43(5)6;;;/h9-11,13-15,22-25,28-29H,7-8,12,16-21H2,1-6H3,(H,39,47)(H,40,46)(H,42,51);3*1H/b13-9-;;;/t22-,23-,24-,25-,28+,29+,38-;;;/m1.../s1. The fourth-order valence-electron chi connectivity index (χ4n) is 7.67. The smallest absolute Gasteiger partial charge is 0.311 e. The maximum atomic E-state index is 14.7. The van der Waals surface area contributed by atoms with E-state index in [4.69, 9.17) is 4.74 Å². The van der Waals surface area contributed by atoms with Crippen LogP contribution in [0.15, 0.2) is 41.2 Å². The number of ether oxygens (including phenoxy) is 1. The molecule has 1 aromatic heterocycles. The molecule has 2 aliphatic heterocycles. The molecule has 16 nitrogen and oxygen atoms in total. The second kappa shape index (κ2) is 15.0. The maximum Gasteiger partial charge on any atom is 0.311 e. The number of amides is 5. The zero-order chi connectivity index (χ0) is 40.0. The van der Waals surface area contributed by atoms with Gasteiger partial charge in [0.05, 0.1) is 22.1 Å². The highest BCUT2D eigenvalue weighted by atomic mass is 32.2. The largest absolute Gasteiger partial charge is 0.471 e. The van der Waals surface area contributed by atoms with Crippen LogP contribution in [0.4, 0.5) is 0 Å². The minimum absolute atomic E-state index is 0. The topological polar surface area (TPSA) is 206 Å². The van der Waals surface area contributed by atoms with Crippen molar-refractivity contribution in [1.82, 2.24) is 34.9 Å². The van der Waals surface area contributed by atoms with Crippen molar-refractivity contribution in [3.8, 4) is 5.88 Å². The summed E-state index contributed by atoms with van der Waals surface area (Å²) in [7, 11) is -1.18. The number of benzene rings is 1. The molecular formula is C38H57N7O9S. The van der Waals surface area contributed by atoms with Gasteiger partial charge in [-0.15, -0.1) is 5.10 Å². The Morgan fingerprint density at radius 3 is 2.44 bits per heavy atom. The van der Waals surface area contributed by atoms with Crippen molar-refractivity contribution < 1.29 is 41.4 Å². The molecule has 0 spiro atoms. The van der Waals surface area contributed by atoms with Gasteiger partial charge in [-0.1, -0.05) is 38.1 Å². The molecule has 0 bridgehead atoms. The van der Waals surface area contributed by atoms with Crippen molar-refractivity contribution in [3.05, 3.63) is 46.8 Å². The van der Waals surface area contributed by atoms with Gasteiger partial charge in [0.15, 0.2) is 0 Å². The summed E-state index contributed by atoms with van der Waals surface area (Å²) >= 11 is 0. The third-order valence-corrected chi connectivity index (χ3v) is 13.7. The number of sulfonamides is 1. The van der Waals surface area contributed by atoms with Crippen molar-refractivity contribution >= 4 is 50.3 Å². The van der Waals surface area contributed by atoms with E-state index in [1.807, 2.05) is 26.0 Å². The SMILES string of the molecule is CCn1nc(O[C@@H]2C[C@H]3C(=O)N[C@]4(C(=O)NS(=O)(=O)C5(C)CC5)C[C@H]4/C=C\CC[C@@H](C)C[C@@H](C)[C@H](NC(=O)C(=O)N(C)C)C(=O)N3C2)c2ccccc2c1=O.[HH].[HH].[HH]. The minimum atomic E-state index is -4.03. The van der Waals surface area contributed by atoms with Crippen LogP contribution in [0.5, 0.6) is 5.88 Å². The van der Waals surface area contributed by atoms with E-state index in [0.29, 0.717) is 42.9 Å². The molecule has 1 aromatic carbocycles. The monoisotopic (exact) mass is 787 g/mol. The molecule has 0 unspecified atom stereocenters. The van der Waals surface area contributed by atoms with E-state index in [9.17, 15) is 37.2 Å².